The van der Waals surface area contributed by atoms with Gasteiger partial charge in [-0.2, -0.15) is 0 Å². The first-order valence-electron chi connectivity index (χ1n) is 10.5. The molecule has 0 atom stereocenters. The van der Waals surface area contributed by atoms with Crippen molar-refractivity contribution < 1.29 is 0 Å². The van der Waals surface area contributed by atoms with Crippen molar-refractivity contribution in [1.29, 1.82) is 0 Å². The molecule has 0 spiro atoms. The van der Waals surface area contributed by atoms with Crippen LogP contribution >= 0.6 is 0 Å². The summed E-state index contributed by atoms with van der Waals surface area (Å²) in [6.07, 6.45) is 3.38. The quantitative estimate of drug-likeness (QED) is 0.410. The van der Waals surface area contributed by atoms with E-state index in [4.69, 9.17) is 0 Å². The molecule has 0 aromatic heterocycles. The fraction of sp³-hybridized carbons (Fsp3) is 0.241. The summed E-state index contributed by atoms with van der Waals surface area (Å²) in [6, 6.07) is 27.3. The smallest absolute Gasteiger partial charge is 0.0670 e. The Morgan fingerprint density at radius 2 is 1.00 bits per heavy atom. The molecule has 3 aromatic carbocycles. The van der Waals surface area contributed by atoms with E-state index in [2.05, 4.69) is 113 Å². The lowest BCUT2D eigenvalue weighted by atomic mass is 9.63. The summed E-state index contributed by atoms with van der Waals surface area (Å²) in [6.45, 7) is 11.1. The van der Waals surface area contributed by atoms with Gasteiger partial charge in [-0.05, 0) is 63.3 Å². The van der Waals surface area contributed by atoms with Crippen LogP contribution in [0.25, 0.3) is 0 Å². The van der Waals surface area contributed by atoms with Crippen molar-refractivity contribution in [3.63, 3.8) is 0 Å². The van der Waals surface area contributed by atoms with Crippen molar-refractivity contribution >= 4 is 0 Å². The highest BCUT2D eigenvalue weighted by atomic mass is 14.4. The van der Waals surface area contributed by atoms with Gasteiger partial charge >= 0.3 is 0 Å². The molecular formula is C29H30. The maximum absolute atomic E-state index is 2.37. The van der Waals surface area contributed by atoms with E-state index in [-0.39, 0.29) is 5.41 Å². The highest BCUT2D eigenvalue weighted by molar-refractivity contribution is 5.63. The molecule has 3 aromatic rings. The van der Waals surface area contributed by atoms with E-state index in [0.29, 0.717) is 0 Å². The monoisotopic (exact) mass is 378 g/mol. The van der Waals surface area contributed by atoms with Crippen LogP contribution in [-0.4, -0.2) is 0 Å². The van der Waals surface area contributed by atoms with Gasteiger partial charge in [0.15, 0.2) is 0 Å². The van der Waals surface area contributed by atoms with E-state index < -0.39 is 0 Å². The SMILES string of the molecule is CC1=CC(C)=C(C(c2cccc(C)c2)(c2cccc(C)c2)c2cccc(C)c2)C1. The molecule has 4 rings (SSSR count). The van der Waals surface area contributed by atoms with Gasteiger partial charge in [0, 0.05) is 0 Å². The molecule has 0 heteroatoms. The van der Waals surface area contributed by atoms with Gasteiger partial charge in [-0.15, -0.1) is 0 Å². The van der Waals surface area contributed by atoms with Crippen molar-refractivity contribution in [2.75, 3.05) is 0 Å². The summed E-state index contributed by atoms with van der Waals surface area (Å²) in [4.78, 5) is 0. The Balaban J connectivity index is 2.15. The van der Waals surface area contributed by atoms with Gasteiger partial charge in [0.2, 0.25) is 0 Å². The molecule has 0 bridgehead atoms. The topological polar surface area (TPSA) is 0 Å². The summed E-state index contributed by atoms with van der Waals surface area (Å²) in [5.74, 6) is 0. The molecule has 0 radical (unpaired) electrons. The van der Waals surface area contributed by atoms with Crippen LogP contribution in [0.3, 0.4) is 0 Å². The van der Waals surface area contributed by atoms with Gasteiger partial charge in [-0.3, -0.25) is 0 Å². The average molecular weight is 379 g/mol. The first kappa shape index (κ1) is 19.5. The van der Waals surface area contributed by atoms with Crippen LogP contribution in [0, 0.1) is 20.8 Å². The Morgan fingerprint density at radius 1 is 0.586 bits per heavy atom. The normalized spacial score (nSPS) is 14.3. The molecule has 0 saturated carbocycles. The molecule has 1 aliphatic rings. The standard InChI is InChI=1S/C29H30/c1-20-9-6-12-25(16-20)29(26-13-7-10-21(2)17-26,27-14-8-11-22(3)18-27)28-19-23(4)15-24(28)5/h6-18H,19H2,1-5H3. The lowest BCUT2D eigenvalue weighted by molar-refractivity contribution is 0.698. The first-order chi connectivity index (χ1) is 13.9. The predicted octanol–water partition coefficient (Wildman–Crippen LogP) is 7.61. The highest BCUT2D eigenvalue weighted by Gasteiger charge is 2.42. The number of hydrogen-bond donors (Lipinski definition) is 0. The Bertz CT molecular complexity index is 1010. The molecule has 0 heterocycles. The van der Waals surface area contributed by atoms with Gasteiger partial charge in [0.05, 0.1) is 5.41 Å². The predicted molar refractivity (Wildman–Crippen MR) is 124 cm³/mol. The van der Waals surface area contributed by atoms with Crippen molar-refractivity contribution in [1.82, 2.24) is 0 Å². The number of rotatable bonds is 4. The molecule has 0 saturated heterocycles. The second-order valence-corrected chi connectivity index (χ2v) is 8.69. The lowest BCUT2D eigenvalue weighted by Crippen LogP contribution is -2.32. The number of benzene rings is 3. The molecule has 1 aliphatic carbocycles. The van der Waals surface area contributed by atoms with Gasteiger partial charge in [-0.1, -0.05) is 107 Å². The Hall–Kier alpha value is -2.86. The second-order valence-electron chi connectivity index (χ2n) is 8.69. The van der Waals surface area contributed by atoms with E-state index in [1.165, 1.54) is 50.1 Å². The second kappa shape index (κ2) is 7.52. The minimum atomic E-state index is -0.289. The van der Waals surface area contributed by atoms with E-state index in [9.17, 15) is 0 Å². The zero-order chi connectivity index (χ0) is 20.6. The Morgan fingerprint density at radius 3 is 1.31 bits per heavy atom. The summed E-state index contributed by atoms with van der Waals surface area (Å²) in [5.41, 5.74) is 12.0. The van der Waals surface area contributed by atoms with Crippen LogP contribution in [-0.2, 0) is 5.41 Å². The van der Waals surface area contributed by atoms with Crippen molar-refractivity contribution in [3.05, 3.63) is 129 Å². The van der Waals surface area contributed by atoms with Crippen LogP contribution in [0.1, 0.15) is 53.6 Å². The van der Waals surface area contributed by atoms with Crippen molar-refractivity contribution in [3.8, 4) is 0 Å². The molecule has 0 fully saturated rings. The van der Waals surface area contributed by atoms with Crippen molar-refractivity contribution in [2.24, 2.45) is 0 Å². The zero-order valence-corrected chi connectivity index (χ0v) is 18.2. The van der Waals surface area contributed by atoms with Gasteiger partial charge < -0.3 is 0 Å². The van der Waals surface area contributed by atoms with Crippen molar-refractivity contribution in [2.45, 2.75) is 46.5 Å². The number of allylic oxidation sites excluding steroid dienone is 4. The summed E-state index contributed by atoms with van der Waals surface area (Å²) in [7, 11) is 0. The van der Waals surface area contributed by atoms with Crippen LogP contribution < -0.4 is 0 Å². The van der Waals surface area contributed by atoms with Crippen LogP contribution in [0.2, 0.25) is 0 Å². The minimum Gasteiger partial charge on any atom is -0.0689 e. The third-order valence-electron chi connectivity index (χ3n) is 6.20. The summed E-state index contributed by atoms with van der Waals surface area (Å²) >= 11 is 0. The van der Waals surface area contributed by atoms with Gasteiger partial charge in [0.25, 0.3) is 0 Å². The lowest BCUT2D eigenvalue weighted by Gasteiger charge is -2.39. The van der Waals surface area contributed by atoms with E-state index in [1.54, 1.807) is 0 Å². The zero-order valence-electron chi connectivity index (χ0n) is 18.2. The molecular weight excluding hydrogens is 348 g/mol. The molecule has 0 unspecified atom stereocenters. The highest BCUT2D eigenvalue weighted by Crippen LogP contribution is 2.50. The first-order valence-corrected chi connectivity index (χ1v) is 10.5. The fourth-order valence-electron chi connectivity index (χ4n) is 5.01. The molecule has 0 aliphatic heterocycles. The summed E-state index contributed by atoms with van der Waals surface area (Å²) in [5, 5.41) is 0. The minimum absolute atomic E-state index is 0.289. The van der Waals surface area contributed by atoms with Gasteiger partial charge in [0.1, 0.15) is 0 Å². The average Bonchev–Trinajstić information content (AvgIpc) is 3.01. The Labute approximate surface area is 175 Å². The maximum atomic E-state index is 2.37. The molecule has 0 amide bonds. The van der Waals surface area contributed by atoms with E-state index in [1.807, 2.05) is 0 Å². The summed E-state index contributed by atoms with van der Waals surface area (Å²) < 4.78 is 0. The number of hydrogen-bond acceptors (Lipinski definition) is 0. The Kier molecular flexibility index (Phi) is 5.04. The molecule has 146 valence electrons. The van der Waals surface area contributed by atoms with Crippen LogP contribution in [0.15, 0.2) is 95.6 Å². The molecule has 0 N–H and O–H groups in total. The fourth-order valence-corrected chi connectivity index (χ4v) is 5.01. The van der Waals surface area contributed by atoms with Gasteiger partial charge in [-0.25, -0.2) is 0 Å². The third kappa shape index (κ3) is 3.38. The third-order valence-corrected chi connectivity index (χ3v) is 6.20. The number of aryl methyl sites for hydroxylation is 3. The van der Waals surface area contributed by atoms with Crippen LogP contribution in [0.4, 0.5) is 0 Å². The largest absolute Gasteiger partial charge is 0.0689 e. The molecule has 0 nitrogen and oxygen atoms in total. The maximum Gasteiger partial charge on any atom is 0.0670 e. The van der Waals surface area contributed by atoms with E-state index in [0.717, 1.165) is 6.42 Å². The molecule has 29 heavy (non-hydrogen) atoms. The van der Waals surface area contributed by atoms with Crippen LogP contribution in [0.5, 0.6) is 0 Å². The van der Waals surface area contributed by atoms with E-state index >= 15 is 0 Å².